The van der Waals surface area contributed by atoms with Crippen LogP contribution in [-0.2, 0) is 4.74 Å². The number of fused-ring (bicyclic) bond motifs is 1. The number of ether oxygens (including phenoxy) is 1. The lowest BCUT2D eigenvalue weighted by molar-refractivity contribution is 0.0378. The molecule has 2 aromatic rings. The van der Waals surface area contributed by atoms with Gasteiger partial charge >= 0.3 is 0 Å². The summed E-state index contributed by atoms with van der Waals surface area (Å²) in [6.45, 7) is 5.69. The molecule has 3 heterocycles. The summed E-state index contributed by atoms with van der Waals surface area (Å²) in [5.41, 5.74) is 0. The van der Waals surface area contributed by atoms with Gasteiger partial charge in [-0.3, -0.25) is 4.90 Å². The number of hydrogen-bond acceptors (Lipinski definition) is 6. The molecule has 20 heavy (non-hydrogen) atoms. The zero-order chi connectivity index (χ0) is 13.8. The Morgan fingerprint density at radius 3 is 3.05 bits per heavy atom. The first-order chi connectivity index (χ1) is 9.83. The van der Waals surface area contributed by atoms with Gasteiger partial charge in [-0.05, 0) is 24.4 Å². The van der Waals surface area contributed by atoms with Gasteiger partial charge in [0.25, 0.3) is 0 Å². The predicted molar refractivity (Wildman–Crippen MR) is 82.8 cm³/mol. The largest absolute Gasteiger partial charge is 0.379 e. The van der Waals surface area contributed by atoms with Gasteiger partial charge in [0, 0.05) is 25.0 Å². The highest BCUT2D eigenvalue weighted by Crippen LogP contribution is 2.25. The van der Waals surface area contributed by atoms with Crippen molar-refractivity contribution >= 4 is 39.1 Å². The van der Waals surface area contributed by atoms with E-state index in [2.05, 4.69) is 20.2 Å². The van der Waals surface area contributed by atoms with Crippen LogP contribution < -0.4 is 5.32 Å². The zero-order valence-electron chi connectivity index (χ0n) is 11.1. The van der Waals surface area contributed by atoms with Crippen molar-refractivity contribution < 1.29 is 4.74 Å². The molecule has 0 radical (unpaired) electrons. The summed E-state index contributed by atoms with van der Waals surface area (Å²) in [7, 11) is 0. The van der Waals surface area contributed by atoms with Crippen LogP contribution in [0.1, 0.15) is 6.42 Å². The van der Waals surface area contributed by atoms with Crippen LogP contribution in [0.15, 0.2) is 11.4 Å². The first-order valence-electron chi connectivity index (χ1n) is 6.77. The molecule has 0 atom stereocenters. The van der Waals surface area contributed by atoms with Crippen molar-refractivity contribution in [1.82, 2.24) is 14.9 Å². The quantitative estimate of drug-likeness (QED) is 0.679. The van der Waals surface area contributed by atoms with Gasteiger partial charge in [0.15, 0.2) is 0 Å². The van der Waals surface area contributed by atoms with Crippen molar-refractivity contribution in [3.8, 4) is 0 Å². The Labute approximate surface area is 126 Å². The minimum absolute atomic E-state index is 0.520. The van der Waals surface area contributed by atoms with Gasteiger partial charge in [-0.2, -0.15) is 0 Å². The van der Waals surface area contributed by atoms with E-state index in [1.54, 1.807) is 11.3 Å². The molecule has 3 rings (SSSR count). The molecule has 1 aliphatic heterocycles. The second-order valence-corrected chi connectivity index (χ2v) is 5.96. The van der Waals surface area contributed by atoms with Crippen LogP contribution in [0, 0.1) is 0 Å². The highest BCUT2D eigenvalue weighted by atomic mass is 35.5. The van der Waals surface area contributed by atoms with E-state index in [0.29, 0.717) is 11.1 Å². The third-order valence-corrected chi connectivity index (χ3v) is 4.41. The fourth-order valence-corrected chi connectivity index (χ4v) is 3.28. The summed E-state index contributed by atoms with van der Waals surface area (Å²) in [5, 5.41) is 6.68. The highest BCUT2D eigenvalue weighted by molar-refractivity contribution is 7.16. The van der Waals surface area contributed by atoms with Crippen LogP contribution in [-0.4, -0.2) is 54.3 Å². The number of hydrogen-bond donors (Lipinski definition) is 1. The van der Waals surface area contributed by atoms with Gasteiger partial charge in [0.2, 0.25) is 5.95 Å². The third-order valence-electron chi connectivity index (χ3n) is 3.32. The number of anilines is 1. The minimum Gasteiger partial charge on any atom is -0.379 e. The minimum atomic E-state index is 0.520. The average Bonchev–Trinajstić information content (AvgIpc) is 2.94. The number of nitrogens with one attached hydrogen (secondary N) is 1. The van der Waals surface area contributed by atoms with Gasteiger partial charge in [-0.25, -0.2) is 9.97 Å². The second-order valence-electron chi connectivity index (χ2n) is 4.71. The molecular formula is C13H17ClN4OS. The van der Waals surface area contributed by atoms with Gasteiger partial charge in [0.1, 0.15) is 9.98 Å². The third kappa shape index (κ3) is 3.38. The summed E-state index contributed by atoms with van der Waals surface area (Å²) >= 11 is 7.71. The molecule has 1 fully saturated rings. The molecule has 0 aromatic carbocycles. The molecule has 1 N–H and O–H groups in total. The van der Waals surface area contributed by atoms with Crippen LogP contribution in [0.5, 0.6) is 0 Å². The maximum atomic E-state index is 6.13. The first kappa shape index (κ1) is 14.0. The van der Waals surface area contributed by atoms with E-state index in [9.17, 15) is 0 Å². The topological polar surface area (TPSA) is 50.3 Å². The van der Waals surface area contributed by atoms with Crippen molar-refractivity contribution in [2.24, 2.45) is 0 Å². The Bertz CT molecular complexity index is 570. The SMILES string of the molecule is Clc1nc(NCCCN2CCOCC2)nc2sccc12. The lowest BCUT2D eigenvalue weighted by Crippen LogP contribution is -2.37. The summed E-state index contributed by atoms with van der Waals surface area (Å²) < 4.78 is 5.33. The predicted octanol–water partition coefficient (Wildman–Crippen LogP) is 2.48. The van der Waals surface area contributed by atoms with Crippen LogP contribution >= 0.6 is 22.9 Å². The van der Waals surface area contributed by atoms with E-state index in [1.807, 2.05) is 11.4 Å². The molecule has 0 spiro atoms. The normalized spacial score (nSPS) is 16.6. The number of rotatable bonds is 5. The first-order valence-corrected chi connectivity index (χ1v) is 8.03. The number of thiophene rings is 1. The molecule has 7 heteroatoms. The number of morpholine rings is 1. The van der Waals surface area contributed by atoms with E-state index in [0.717, 1.165) is 56.0 Å². The van der Waals surface area contributed by atoms with Crippen molar-refractivity contribution in [2.45, 2.75) is 6.42 Å². The fourth-order valence-electron chi connectivity index (χ4n) is 2.23. The Kier molecular flexibility index (Phi) is 4.67. The molecule has 0 unspecified atom stereocenters. The van der Waals surface area contributed by atoms with Gasteiger partial charge < -0.3 is 10.1 Å². The Balaban J connectivity index is 1.49. The lowest BCUT2D eigenvalue weighted by atomic mass is 10.3. The van der Waals surface area contributed by atoms with Crippen molar-refractivity contribution in [1.29, 1.82) is 0 Å². The molecule has 2 aromatic heterocycles. The highest BCUT2D eigenvalue weighted by Gasteiger charge is 2.10. The maximum absolute atomic E-state index is 6.13. The monoisotopic (exact) mass is 312 g/mol. The smallest absolute Gasteiger partial charge is 0.225 e. The summed E-state index contributed by atoms with van der Waals surface area (Å²) in [5.74, 6) is 0.618. The van der Waals surface area contributed by atoms with Crippen LogP contribution in [0.4, 0.5) is 5.95 Å². The Morgan fingerprint density at radius 1 is 1.35 bits per heavy atom. The van der Waals surface area contributed by atoms with Crippen LogP contribution in [0.3, 0.4) is 0 Å². The number of aromatic nitrogens is 2. The second kappa shape index (κ2) is 6.67. The van der Waals surface area contributed by atoms with Gasteiger partial charge in [-0.15, -0.1) is 11.3 Å². The van der Waals surface area contributed by atoms with E-state index >= 15 is 0 Å². The standard InChI is InChI=1S/C13H17ClN4OS/c14-11-10-2-9-20-12(10)17-13(16-11)15-3-1-4-18-5-7-19-8-6-18/h2,9H,1,3-8H2,(H,15,16,17). The van der Waals surface area contributed by atoms with Crippen molar-refractivity contribution in [3.63, 3.8) is 0 Å². The van der Waals surface area contributed by atoms with Crippen LogP contribution in [0.25, 0.3) is 10.2 Å². The molecule has 0 aliphatic carbocycles. The summed E-state index contributed by atoms with van der Waals surface area (Å²) in [6, 6.07) is 1.95. The number of nitrogens with zero attached hydrogens (tertiary/aromatic N) is 3. The molecule has 108 valence electrons. The summed E-state index contributed by atoms with van der Waals surface area (Å²) in [6.07, 6.45) is 1.06. The molecule has 5 nitrogen and oxygen atoms in total. The van der Waals surface area contributed by atoms with Gasteiger partial charge in [-0.1, -0.05) is 11.6 Å². The molecule has 1 saturated heterocycles. The Hall–Kier alpha value is -0.950. The van der Waals surface area contributed by atoms with E-state index in [4.69, 9.17) is 16.3 Å². The van der Waals surface area contributed by atoms with Gasteiger partial charge in [0.05, 0.1) is 13.2 Å². The van der Waals surface area contributed by atoms with E-state index in [1.165, 1.54) is 0 Å². The van der Waals surface area contributed by atoms with Crippen molar-refractivity contribution in [3.05, 3.63) is 16.6 Å². The molecular weight excluding hydrogens is 296 g/mol. The summed E-state index contributed by atoms with van der Waals surface area (Å²) in [4.78, 5) is 12.1. The molecule has 0 saturated carbocycles. The molecule has 0 amide bonds. The zero-order valence-corrected chi connectivity index (χ0v) is 12.7. The number of halogens is 1. The van der Waals surface area contributed by atoms with Crippen molar-refractivity contribution in [2.75, 3.05) is 44.7 Å². The fraction of sp³-hybridized carbons (Fsp3) is 0.538. The van der Waals surface area contributed by atoms with E-state index in [-0.39, 0.29) is 0 Å². The average molecular weight is 313 g/mol. The maximum Gasteiger partial charge on any atom is 0.225 e. The Morgan fingerprint density at radius 2 is 2.20 bits per heavy atom. The van der Waals surface area contributed by atoms with Crippen LogP contribution in [0.2, 0.25) is 5.15 Å². The lowest BCUT2D eigenvalue weighted by Gasteiger charge is -2.26. The molecule has 1 aliphatic rings. The molecule has 0 bridgehead atoms. The van der Waals surface area contributed by atoms with E-state index < -0.39 is 0 Å².